The number of likely N-dealkylation sites (N-methyl/N-ethyl adjacent to an activating group) is 1. The number of nitro benzene ring substituents is 1. The van der Waals surface area contributed by atoms with Gasteiger partial charge in [-0.05, 0) is 0 Å². The van der Waals surface area contributed by atoms with Crippen molar-refractivity contribution in [2.24, 2.45) is 0 Å². The van der Waals surface area contributed by atoms with Gasteiger partial charge in [0.25, 0.3) is 5.69 Å². The van der Waals surface area contributed by atoms with Gasteiger partial charge in [0.05, 0.1) is 17.1 Å². The molecule has 1 aliphatic heterocycles. The number of nitrogens with zero attached hydrogens (tertiary/aromatic N) is 3. The summed E-state index contributed by atoms with van der Waals surface area (Å²) in [4.78, 5) is 13.4. The highest BCUT2D eigenvalue weighted by atomic mass is 19.1. The average molecular weight is 300 g/mol. The number of benzene rings is 1. The first-order chi connectivity index (χ1) is 9.99. The largest absolute Gasteiger partial charge is 0.369 e. The Bertz CT molecular complexity index is 498. The van der Waals surface area contributed by atoms with Crippen LogP contribution in [0.5, 0.6) is 0 Å². The van der Waals surface area contributed by atoms with Crippen LogP contribution >= 0.6 is 0 Å². The zero-order valence-electron chi connectivity index (χ0n) is 11.8. The molecule has 1 N–H and O–H groups in total. The van der Waals surface area contributed by atoms with Crippen molar-refractivity contribution in [1.29, 1.82) is 0 Å². The Hall–Kier alpha value is -1.80. The summed E-state index contributed by atoms with van der Waals surface area (Å²) < 4.78 is 27.8. The van der Waals surface area contributed by atoms with E-state index >= 15 is 0 Å². The molecule has 0 unspecified atom stereocenters. The predicted molar refractivity (Wildman–Crippen MR) is 75.6 cm³/mol. The number of anilines is 1. The molecule has 8 heteroatoms. The Morgan fingerprint density at radius 2 is 1.90 bits per heavy atom. The van der Waals surface area contributed by atoms with E-state index in [0.29, 0.717) is 13.1 Å². The van der Waals surface area contributed by atoms with Gasteiger partial charge < -0.3 is 10.2 Å². The van der Waals surface area contributed by atoms with Gasteiger partial charge in [-0.3, -0.25) is 15.0 Å². The molecule has 1 saturated heterocycles. The van der Waals surface area contributed by atoms with Crippen LogP contribution in [0.3, 0.4) is 0 Å². The molecule has 0 aliphatic carbocycles. The molecule has 0 atom stereocenters. The summed E-state index contributed by atoms with van der Waals surface area (Å²) in [5, 5.41) is 13.8. The number of hydrogen-bond acceptors (Lipinski definition) is 5. The van der Waals surface area contributed by atoms with Gasteiger partial charge in [0.2, 0.25) is 0 Å². The molecule has 2 rings (SSSR count). The maximum absolute atomic E-state index is 13.9. The second kappa shape index (κ2) is 6.77. The van der Waals surface area contributed by atoms with Crippen LogP contribution in [0.15, 0.2) is 12.1 Å². The summed E-state index contributed by atoms with van der Waals surface area (Å²) in [5.41, 5.74) is -0.806. The molecule has 116 valence electrons. The first-order valence-electron chi connectivity index (χ1n) is 6.76. The lowest BCUT2D eigenvalue weighted by Crippen LogP contribution is -2.46. The molecule has 0 saturated carbocycles. The highest BCUT2D eigenvalue weighted by Gasteiger charge is 2.20. The molecule has 1 aromatic rings. The molecule has 0 radical (unpaired) electrons. The molecule has 0 spiro atoms. The molecule has 21 heavy (non-hydrogen) atoms. The lowest BCUT2D eigenvalue weighted by molar-refractivity contribution is -0.385. The standard InChI is InChI=1S/C13H18F2N4O2/c1-17(6-7-18-4-2-16-3-5-18)13-11(14)8-10(19(20)21)9-12(13)15/h8-9,16H,2-7H2,1H3. The molecule has 0 bridgehead atoms. The minimum absolute atomic E-state index is 0.226. The van der Waals surface area contributed by atoms with Crippen molar-refractivity contribution in [2.75, 3.05) is 51.2 Å². The topological polar surface area (TPSA) is 61.6 Å². The number of hydrogen-bond donors (Lipinski definition) is 1. The molecule has 6 nitrogen and oxygen atoms in total. The minimum atomic E-state index is -0.912. The van der Waals surface area contributed by atoms with Gasteiger partial charge in [-0.1, -0.05) is 0 Å². The highest BCUT2D eigenvalue weighted by molar-refractivity contribution is 5.53. The van der Waals surface area contributed by atoms with Crippen molar-refractivity contribution in [3.63, 3.8) is 0 Å². The van der Waals surface area contributed by atoms with E-state index in [2.05, 4.69) is 10.2 Å². The van der Waals surface area contributed by atoms with E-state index in [9.17, 15) is 18.9 Å². The third kappa shape index (κ3) is 3.85. The summed E-state index contributed by atoms with van der Waals surface area (Å²) >= 11 is 0. The first-order valence-corrected chi connectivity index (χ1v) is 6.76. The molecule has 0 amide bonds. The van der Waals surface area contributed by atoms with Crippen LogP contribution in [-0.4, -0.2) is 56.1 Å². The van der Waals surface area contributed by atoms with Gasteiger partial charge in [-0.15, -0.1) is 0 Å². The van der Waals surface area contributed by atoms with Crippen molar-refractivity contribution in [3.05, 3.63) is 33.9 Å². The van der Waals surface area contributed by atoms with Crippen LogP contribution in [0.4, 0.5) is 20.2 Å². The summed E-state index contributed by atoms with van der Waals surface area (Å²) in [6.07, 6.45) is 0. The number of rotatable bonds is 5. The van der Waals surface area contributed by atoms with E-state index in [1.165, 1.54) is 4.90 Å². The van der Waals surface area contributed by atoms with Crippen LogP contribution in [0.1, 0.15) is 0 Å². The van der Waals surface area contributed by atoms with Gasteiger partial charge in [-0.2, -0.15) is 0 Å². The van der Waals surface area contributed by atoms with Gasteiger partial charge in [0.1, 0.15) is 5.69 Å². The summed E-state index contributed by atoms with van der Waals surface area (Å²) in [7, 11) is 1.58. The smallest absolute Gasteiger partial charge is 0.275 e. The molecule has 1 heterocycles. The molecule has 1 aliphatic rings. The van der Waals surface area contributed by atoms with Crippen molar-refractivity contribution in [1.82, 2.24) is 10.2 Å². The molecular formula is C13H18F2N4O2. The van der Waals surface area contributed by atoms with E-state index in [4.69, 9.17) is 0 Å². The van der Waals surface area contributed by atoms with Crippen molar-refractivity contribution in [3.8, 4) is 0 Å². The number of halogens is 2. The molecular weight excluding hydrogens is 282 g/mol. The van der Waals surface area contributed by atoms with Crippen LogP contribution in [-0.2, 0) is 0 Å². The lowest BCUT2D eigenvalue weighted by Gasteiger charge is -2.29. The maximum Gasteiger partial charge on any atom is 0.275 e. The predicted octanol–water partition coefficient (Wildman–Crippen LogP) is 1.21. The quantitative estimate of drug-likeness (QED) is 0.654. The summed E-state index contributed by atoms with van der Waals surface area (Å²) in [5.74, 6) is -1.82. The number of non-ortho nitro benzene ring substituents is 1. The number of piperazine rings is 1. The SMILES string of the molecule is CN(CCN1CCNCC1)c1c(F)cc([N+](=O)[O-])cc1F. The fourth-order valence-electron chi connectivity index (χ4n) is 2.36. The first kappa shape index (κ1) is 15.6. The normalized spacial score (nSPS) is 16.0. The fourth-order valence-corrected chi connectivity index (χ4v) is 2.36. The average Bonchev–Trinajstić information content (AvgIpc) is 2.45. The van der Waals surface area contributed by atoms with E-state index in [1.807, 2.05) is 0 Å². The van der Waals surface area contributed by atoms with Crippen molar-refractivity contribution in [2.45, 2.75) is 0 Å². The Kier molecular flexibility index (Phi) is 5.03. The van der Waals surface area contributed by atoms with Crippen LogP contribution in [0.25, 0.3) is 0 Å². The highest BCUT2D eigenvalue weighted by Crippen LogP contribution is 2.27. The van der Waals surface area contributed by atoms with Gasteiger partial charge >= 0.3 is 0 Å². The van der Waals surface area contributed by atoms with Crippen LogP contribution < -0.4 is 10.2 Å². The lowest BCUT2D eigenvalue weighted by atomic mass is 10.2. The van der Waals surface area contributed by atoms with Crippen LogP contribution in [0.2, 0.25) is 0 Å². The Morgan fingerprint density at radius 3 is 2.43 bits per heavy atom. The van der Waals surface area contributed by atoms with E-state index < -0.39 is 22.2 Å². The summed E-state index contributed by atoms with van der Waals surface area (Å²) in [6, 6.07) is 1.50. The maximum atomic E-state index is 13.9. The zero-order chi connectivity index (χ0) is 15.4. The van der Waals surface area contributed by atoms with Gasteiger partial charge in [-0.25, -0.2) is 8.78 Å². The number of nitrogens with one attached hydrogen (secondary N) is 1. The Balaban J connectivity index is 2.04. The van der Waals surface area contributed by atoms with Gasteiger partial charge in [0, 0.05) is 46.3 Å². The third-order valence-corrected chi connectivity index (χ3v) is 3.56. The molecule has 1 aromatic carbocycles. The Labute approximate surface area is 121 Å². The monoisotopic (exact) mass is 300 g/mol. The summed E-state index contributed by atoms with van der Waals surface area (Å²) in [6.45, 7) is 4.76. The minimum Gasteiger partial charge on any atom is -0.369 e. The second-order valence-corrected chi connectivity index (χ2v) is 5.03. The third-order valence-electron chi connectivity index (χ3n) is 3.56. The van der Waals surface area contributed by atoms with E-state index in [1.54, 1.807) is 7.05 Å². The number of nitro groups is 1. The van der Waals surface area contributed by atoms with Crippen molar-refractivity contribution < 1.29 is 13.7 Å². The van der Waals surface area contributed by atoms with Crippen molar-refractivity contribution >= 4 is 11.4 Å². The fraction of sp³-hybridized carbons (Fsp3) is 0.538. The van der Waals surface area contributed by atoms with E-state index in [-0.39, 0.29) is 5.69 Å². The second-order valence-electron chi connectivity index (χ2n) is 5.03. The van der Waals surface area contributed by atoms with Crippen LogP contribution in [0, 0.1) is 21.7 Å². The molecule has 1 fully saturated rings. The Morgan fingerprint density at radius 1 is 1.33 bits per heavy atom. The van der Waals surface area contributed by atoms with Gasteiger partial charge in [0.15, 0.2) is 11.6 Å². The molecule has 0 aromatic heterocycles. The van der Waals surface area contributed by atoms with E-state index in [0.717, 1.165) is 38.3 Å². The zero-order valence-corrected chi connectivity index (χ0v) is 11.8.